The van der Waals surface area contributed by atoms with Gasteiger partial charge in [0.1, 0.15) is 5.82 Å². The molecule has 0 radical (unpaired) electrons. The summed E-state index contributed by atoms with van der Waals surface area (Å²) < 4.78 is 15.7. The Bertz CT molecular complexity index is 580. The van der Waals surface area contributed by atoms with Crippen molar-refractivity contribution >= 4 is 15.9 Å². The lowest BCUT2D eigenvalue weighted by atomic mass is 10.1. The van der Waals surface area contributed by atoms with Gasteiger partial charge in [-0.1, -0.05) is 22.0 Å². The molecule has 0 aliphatic rings. The summed E-state index contributed by atoms with van der Waals surface area (Å²) in [7, 11) is 1.91. The van der Waals surface area contributed by atoms with Gasteiger partial charge in [-0.2, -0.15) is 5.10 Å². The fourth-order valence-electron chi connectivity index (χ4n) is 2.05. The molecule has 0 saturated carbocycles. The van der Waals surface area contributed by atoms with E-state index in [-0.39, 0.29) is 11.9 Å². The maximum atomic E-state index is 13.1. The molecule has 1 unspecified atom stereocenters. The highest BCUT2D eigenvalue weighted by atomic mass is 79.9. The number of nitrogens with one attached hydrogen (secondary N) is 1. The highest BCUT2D eigenvalue weighted by Gasteiger charge is 2.11. The molecule has 0 amide bonds. The van der Waals surface area contributed by atoms with Gasteiger partial charge < -0.3 is 5.32 Å². The molecule has 5 heteroatoms. The number of rotatable bonds is 4. The normalized spacial score (nSPS) is 12.7. The minimum atomic E-state index is -0.231. The van der Waals surface area contributed by atoms with E-state index in [4.69, 9.17) is 0 Å². The summed E-state index contributed by atoms with van der Waals surface area (Å²) in [6.07, 6.45) is 2.01. The zero-order chi connectivity index (χ0) is 14.0. The van der Waals surface area contributed by atoms with Gasteiger partial charge in [0.15, 0.2) is 0 Å². The van der Waals surface area contributed by atoms with Gasteiger partial charge >= 0.3 is 0 Å². The largest absolute Gasteiger partial charge is 0.306 e. The van der Waals surface area contributed by atoms with E-state index in [1.54, 1.807) is 6.07 Å². The van der Waals surface area contributed by atoms with Gasteiger partial charge in [-0.15, -0.1) is 0 Å². The summed E-state index contributed by atoms with van der Waals surface area (Å²) in [6.45, 7) is 4.80. The first-order valence-corrected chi connectivity index (χ1v) is 6.94. The van der Waals surface area contributed by atoms with E-state index in [2.05, 4.69) is 33.3 Å². The van der Waals surface area contributed by atoms with Gasteiger partial charge in [0, 0.05) is 35.9 Å². The molecule has 1 atom stereocenters. The molecule has 102 valence electrons. The van der Waals surface area contributed by atoms with Crippen molar-refractivity contribution in [1.82, 2.24) is 15.1 Å². The van der Waals surface area contributed by atoms with Crippen molar-refractivity contribution in [2.24, 2.45) is 7.05 Å². The van der Waals surface area contributed by atoms with Gasteiger partial charge in [0.05, 0.1) is 5.69 Å². The molecule has 0 saturated heterocycles. The minimum absolute atomic E-state index is 0.134. The Labute approximate surface area is 121 Å². The Morgan fingerprint density at radius 2 is 2.21 bits per heavy atom. The number of hydrogen-bond donors (Lipinski definition) is 1. The predicted molar refractivity (Wildman–Crippen MR) is 77.3 cm³/mol. The Morgan fingerprint density at radius 1 is 1.47 bits per heavy atom. The number of hydrogen-bond acceptors (Lipinski definition) is 2. The van der Waals surface area contributed by atoms with Gasteiger partial charge in [0.2, 0.25) is 0 Å². The van der Waals surface area contributed by atoms with Gasteiger partial charge in [-0.25, -0.2) is 4.39 Å². The number of halogens is 2. The molecule has 1 aromatic heterocycles. The van der Waals surface area contributed by atoms with Crippen LogP contribution in [0.1, 0.15) is 29.8 Å². The van der Waals surface area contributed by atoms with Gasteiger partial charge in [-0.05, 0) is 31.5 Å². The summed E-state index contributed by atoms with van der Waals surface area (Å²) >= 11 is 3.40. The van der Waals surface area contributed by atoms with Crippen LogP contribution < -0.4 is 5.32 Å². The molecule has 0 spiro atoms. The van der Waals surface area contributed by atoms with Crippen LogP contribution in [0.5, 0.6) is 0 Å². The lowest BCUT2D eigenvalue weighted by Crippen LogP contribution is -2.18. The Morgan fingerprint density at radius 3 is 2.79 bits per heavy atom. The van der Waals surface area contributed by atoms with E-state index in [0.717, 1.165) is 22.3 Å². The second kappa shape index (κ2) is 5.84. The molecular weight excluding hydrogens is 309 g/mol. The maximum Gasteiger partial charge on any atom is 0.124 e. The van der Waals surface area contributed by atoms with Crippen molar-refractivity contribution in [2.75, 3.05) is 0 Å². The van der Waals surface area contributed by atoms with Crippen molar-refractivity contribution in [3.63, 3.8) is 0 Å². The van der Waals surface area contributed by atoms with Crippen LogP contribution in [0.3, 0.4) is 0 Å². The summed E-state index contributed by atoms with van der Waals surface area (Å²) in [6, 6.07) is 4.90. The van der Waals surface area contributed by atoms with E-state index >= 15 is 0 Å². The maximum absolute atomic E-state index is 13.1. The van der Waals surface area contributed by atoms with Crippen LogP contribution in [0.2, 0.25) is 0 Å². The molecular formula is C14H17BrFN3. The highest BCUT2D eigenvalue weighted by molar-refractivity contribution is 9.10. The summed E-state index contributed by atoms with van der Waals surface area (Å²) in [5, 5.41) is 7.73. The summed E-state index contributed by atoms with van der Waals surface area (Å²) in [5.41, 5.74) is 3.25. The second-order valence-corrected chi connectivity index (χ2v) is 5.54. The first-order valence-electron chi connectivity index (χ1n) is 6.15. The quantitative estimate of drug-likeness (QED) is 0.932. The third kappa shape index (κ3) is 3.42. The highest BCUT2D eigenvalue weighted by Crippen LogP contribution is 2.24. The smallest absolute Gasteiger partial charge is 0.124 e. The van der Waals surface area contributed by atoms with Crippen molar-refractivity contribution in [1.29, 1.82) is 0 Å². The number of nitrogens with zero attached hydrogens (tertiary/aromatic N) is 2. The fourth-order valence-corrected chi connectivity index (χ4v) is 2.74. The van der Waals surface area contributed by atoms with Crippen molar-refractivity contribution in [3.05, 3.63) is 51.5 Å². The van der Waals surface area contributed by atoms with Gasteiger partial charge in [0.25, 0.3) is 0 Å². The van der Waals surface area contributed by atoms with Crippen molar-refractivity contribution in [3.8, 4) is 0 Å². The van der Waals surface area contributed by atoms with Crippen molar-refractivity contribution in [2.45, 2.75) is 26.4 Å². The van der Waals surface area contributed by atoms with Crippen LogP contribution in [0.15, 0.2) is 28.9 Å². The van der Waals surface area contributed by atoms with E-state index in [1.165, 1.54) is 17.7 Å². The fraction of sp³-hybridized carbons (Fsp3) is 0.357. The number of benzene rings is 1. The first-order chi connectivity index (χ1) is 8.97. The molecule has 0 bridgehead atoms. The molecule has 1 heterocycles. The molecule has 1 N–H and O–H groups in total. The van der Waals surface area contributed by atoms with E-state index in [1.807, 2.05) is 24.9 Å². The third-order valence-corrected chi connectivity index (χ3v) is 3.83. The van der Waals surface area contributed by atoms with Crippen LogP contribution in [0, 0.1) is 12.7 Å². The van der Waals surface area contributed by atoms with Crippen molar-refractivity contribution < 1.29 is 4.39 Å². The second-order valence-electron chi connectivity index (χ2n) is 4.68. The van der Waals surface area contributed by atoms with E-state index in [9.17, 15) is 4.39 Å². The third-order valence-electron chi connectivity index (χ3n) is 3.14. The number of aryl methyl sites for hydroxylation is 2. The van der Waals surface area contributed by atoms with Crippen LogP contribution >= 0.6 is 15.9 Å². The standard InChI is InChI=1S/C14H17BrFN3/c1-9-11(8-19(3)18-9)7-17-10(2)13-5-4-12(16)6-14(13)15/h4-6,8,10,17H,7H2,1-3H3. The minimum Gasteiger partial charge on any atom is -0.306 e. The molecule has 0 aliphatic heterocycles. The van der Waals surface area contributed by atoms with Crippen LogP contribution in [0.4, 0.5) is 4.39 Å². The first kappa shape index (κ1) is 14.2. The molecule has 0 fully saturated rings. The summed E-state index contributed by atoms with van der Waals surface area (Å²) in [5.74, 6) is -0.231. The van der Waals surface area contributed by atoms with Crippen LogP contribution in [-0.2, 0) is 13.6 Å². The molecule has 19 heavy (non-hydrogen) atoms. The Kier molecular flexibility index (Phi) is 4.37. The predicted octanol–water partition coefficient (Wildman–Crippen LogP) is 3.48. The topological polar surface area (TPSA) is 29.9 Å². The zero-order valence-electron chi connectivity index (χ0n) is 11.2. The SMILES string of the molecule is Cc1nn(C)cc1CNC(C)c1ccc(F)cc1Br. The molecule has 1 aromatic carbocycles. The van der Waals surface area contributed by atoms with Gasteiger partial charge in [-0.3, -0.25) is 4.68 Å². The van der Waals surface area contributed by atoms with E-state index < -0.39 is 0 Å². The lowest BCUT2D eigenvalue weighted by Gasteiger charge is -2.15. The average Bonchev–Trinajstić information content (AvgIpc) is 2.65. The molecule has 2 aromatic rings. The Balaban J connectivity index is 2.05. The molecule has 3 nitrogen and oxygen atoms in total. The lowest BCUT2D eigenvalue weighted by molar-refractivity contribution is 0.567. The Hall–Kier alpha value is -1.20. The van der Waals surface area contributed by atoms with E-state index in [0.29, 0.717) is 0 Å². The van der Waals surface area contributed by atoms with Crippen LogP contribution in [-0.4, -0.2) is 9.78 Å². The zero-order valence-corrected chi connectivity index (χ0v) is 12.8. The summed E-state index contributed by atoms with van der Waals surface area (Å²) in [4.78, 5) is 0. The van der Waals surface area contributed by atoms with Crippen LogP contribution in [0.25, 0.3) is 0 Å². The molecule has 0 aliphatic carbocycles. The monoisotopic (exact) mass is 325 g/mol. The average molecular weight is 326 g/mol. The number of aromatic nitrogens is 2. The molecule has 2 rings (SSSR count).